The molecule has 20 heavy (non-hydrogen) atoms. The molecule has 0 saturated heterocycles. The highest BCUT2D eigenvalue weighted by molar-refractivity contribution is 5.32. The number of nitrogens with zero attached hydrogens (tertiary/aromatic N) is 2. The van der Waals surface area contributed by atoms with E-state index in [9.17, 15) is 0 Å². The lowest BCUT2D eigenvalue weighted by atomic mass is 9.70. The standard InChI is InChI=1S/C15H24N4O/c1-9-8-17-13(19-16)18-12(9)20-11-7-10-5-6-15(11,4)14(10,2)3/h8,10-11H,5-7,16H2,1-4H3,(H,17,18,19). The number of nitrogens with one attached hydrogen (secondary N) is 1. The number of hydrazine groups is 1. The van der Waals surface area contributed by atoms with E-state index in [1.807, 2.05) is 6.92 Å². The number of nitrogens with two attached hydrogens (primary N) is 1. The molecule has 0 aliphatic heterocycles. The zero-order valence-electron chi connectivity index (χ0n) is 12.7. The molecule has 1 aromatic heterocycles. The molecule has 2 aliphatic rings. The van der Waals surface area contributed by atoms with Crippen molar-refractivity contribution in [3.8, 4) is 5.88 Å². The highest BCUT2D eigenvalue weighted by atomic mass is 16.5. The zero-order valence-corrected chi connectivity index (χ0v) is 12.7. The lowest BCUT2D eigenvalue weighted by molar-refractivity contribution is 0.0268. The first-order valence-corrected chi connectivity index (χ1v) is 7.35. The second kappa shape index (κ2) is 4.32. The topological polar surface area (TPSA) is 73.1 Å². The molecule has 0 radical (unpaired) electrons. The average Bonchev–Trinajstić information content (AvgIpc) is 2.74. The molecule has 5 nitrogen and oxygen atoms in total. The first kappa shape index (κ1) is 13.6. The highest BCUT2D eigenvalue weighted by Crippen LogP contribution is 2.66. The summed E-state index contributed by atoms with van der Waals surface area (Å²) in [5, 5.41) is 0. The molecule has 0 aromatic carbocycles. The lowest BCUT2D eigenvalue weighted by Gasteiger charge is -2.38. The Kier molecular flexibility index (Phi) is 2.94. The van der Waals surface area contributed by atoms with E-state index in [0.717, 1.165) is 17.9 Å². The molecule has 3 atom stereocenters. The Morgan fingerprint density at radius 2 is 2.15 bits per heavy atom. The van der Waals surface area contributed by atoms with Gasteiger partial charge in [0.1, 0.15) is 6.10 Å². The monoisotopic (exact) mass is 276 g/mol. The van der Waals surface area contributed by atoms with Gasteiger partial charge in [-0.1, -0.05) is 20.8 Å². The first-order chi connectivity index (χ1) is 9.38. The molecule has 2 aliphatic carbocycles. The summed E-state index contributed by atoms with van der Waals surface area (Å²) in [5.74, 6) is 7.19. The van der Waals surface area contributed by atoms with Crippen LogP contribution in [0.3, 0.4) is 0 Å². The van der Waals surface area contributed by atoms with Crippen molar-refractivity contribution in [3.05, 3.63) is 11.8 Å². The third-order valence-electron chi connectivity index (χ3n) is 6.02. The maximum atomic E-state index is 6.27. The number of aryl methyl sites for hydroxylation is 1. The molecule has 1 heterocycles. The summed E-state index contributed by atoms with van der Waals surface area (Å²) in [6.07, 6.45) is 5.66. The number of hydrogen-bond acceptors (Lipinski definition) is 5. The van der Waals surface area contributed by atoms with Crippen molar-refractivity contribution in [3.63, 3.8) is 0 Å². The van der Waals surface area contributed by atoms with Gasteiger partial charge in [-0.15, -0.1) is 0 Å². The van der Waals surface area contributed by atoms with Gasteiger partial charge in [0.2, 0.25) is 11.8 Å². The van der Waals surface area contributed by atoms with Crippen LogP contribution in [0.1, 0.15) is 45.6 Å². The number of fused-ring (bicyclic) bond motifs is 2. The first-order valence-electron chi connectivity index (χ1n) is 7.35. The Morgan fingerprint density at radius 1 is 1.40 bits per heavy atom. The van der Waals surface area contributed by atoms with E-state index in [4.69, 9.17) is 10.6 Å². The summed E-state index contributed by atoms with van der Waals surface area (Å²) in [4.78, 5) is 8.45. The second-order valence-corrected chi connectivity index (χ2v) is 7.04. The molecule has 5 heteroatoms. The second-order valence-electron chi connectivity index (χ2n) is 7.04. The normalized spacial score (nSPS) is 34.2. The van der Waals surface area contributed by atoms with E-state index in [1.54, 1.807) is 6.20 Å². The summed E-state index contributed by atoms with van der Waals surface area (Å²) in [6, 6.07) is 0. The van der Waals surface area contributed by atoms with Crippen LogP contribution < -0.4 is 16.0 Å². The third-order valence-corrected chi connectivity index (χ3v) is 6.02. The van der Waals surface area contributed by atoms with Crippen LogP contribution in [-0.2, 0) is 0 Å². The quantitative estimate of drug-likeness (QED) is 0.656. The fourth-order valence-electron chi connectivity index (χ4n) is 4.06. The van der Waals surface area contributed by atoms with Crippen LogP contribution in [0.4, 0.5) is 5.95 Å². The minimum Gasteiger partial charge on any atom is -0.473 e. The van der Waals surface area contributed by atoms with Crippen molar-refractivity contribution in [2.75, 3.05) is 5.43 Å². The number of anilines is 1. The van der Waals surface area contributed by atoms with Gasteiger partial charge in [-0.2, -0.15) is 4.98 Å². The van der Waals surface area contributed by atoms with Crippen LogP contribution in [0.2, 0.25) is 0 Å². The Hall–Kier alpha value is -1.36. The van der Waals surface area contributed by atoms with Crippen molar-refractivity contribution in [2.45, 2.75) is 53.1 Å². The Labute approximate surface area is 120 Å². The molecule has 2 fully saturated rings. The molecule has 3 rings (SSSR count). The van der Waals surface area contributed by atoms with E-state index >= 15 is 0 Å². The average molecular weight is 276 g/mol. The predicted octanol–water partition coefficient (Wildman–Crippen LogP) is 2.66. The van der Waals surface area contributed by atoms with Crippen molar-refractivity contribution in [1.82, 2.24) is 9.97 Å². The van der Waals surface area contributed by atoms with Gasteiger partial charge in [0.15, 0.2) is 0 Å². The van der Waals surface area contributed by atoms with Gasteiger partial charge in [-0.05, 0) is 37.5 Å². The molecule has 0 spiro atoms. The number of hydrogen-bond donors (Lipinski definition) is 2. The summed E-state index contributed by atoms with van der Waals surface area (Å²) >= 11 is 0. The Balaban J connectivity index is 1.87. The SMILES string of the molecule is Cc1cnc(NN)nc1OC1CC2CCC1(C)C2(C)C. The molecule has 2 saturated carbocycles. The van der Waals surface area contributed by atoms with Crippen LogP contribution in [0.15, 0.2) is 6.20 Å². The molecule has 0 amide bonds. The van der Waals surface area contributed by atoms with Gasteiger partial charge in [-0.25, -0.2) is 10.8 Å². The van der Waals surface area contributed by atoms with Gasteiger partial charge < -0.3 is 4.74 Å². The van der Waals surface area contributed by atoms with Crippen LogP contribution >= 0.6 is 0 Å². The Bertz CT molecular complexity index is 531. The van der Waals surface area contributed by atoms with Crippen LogP contribution in [0.25, 0.3) is 0 Å². The summed E-state index contributed by atoms with van der Waals surface area (Å²) < 4.78 is 6.27. The van der Waals surface area contributed by atoms with Crippen molar-refractivity contribution in [2.24, 2.45) is 22.6 Å². The largest absolute Gasteiger partial charge is 0.473 e. The zero-order chi connectivity index (χ0) is 14.5. The van der Waals surface area contributed by atoms with Crippen LogP contribution in [0, 0.1) is 23.7 Å². The van der Waals surface area contributed by atoms with Gasteiger partial charge in [0.05, 0.1) is 0 Å². The van der Waals surface area contributed by atoms with Gasteiger partial charge in [0.25, 0.3) is 0 Å². The molecule has 1 aromatic rings. The third kappa shape index (κ3) is 1.72. The number of nitrogen functional groups attached to an aromatic ring is 1. The van der Waals surface area contributed by atoms with E-state index in [1.165, 1.54) is 12.8 Å². The van der Waals surface area contributed by atoms with Crippen molar-refractivity contribution < 1.29 is 4.74 Å². The van der Waals surface area contributed by atoms with Gasteiger partial charge >= 0.3 is 0 Å². The summed E-state index contributed by atoms with van der Waals surface area (Å²) in [6.45, 7) is 9.10. The summed E-state index contributed by atoms with van der Waals surface area (Å²) in [5.41, 5.74) is 4.00. The predicted molar refractivity (Wildman–Crippen MR) is 78.2 cm³/mol. The molecule has 110 valence electrons. The smallest absolute Gasteiger partial charge is 0.240 e. The molecule has 3 N–H and O–H groups in total. The highest BCUT2D eigenvalue weighted by Gasteiger charge is 2.62. The lowest BCUT2D eigenvalue weighted by Crippen LogP contribution is -2.39. The van der Waals surface area contributed by atoms with Gasteiger partial charge in [0, 0.05) is 17.2 Å². The number of aromatic nitrogens is 2. The number of rotatable bonds is 3. The fourth-order valence-corrected chi connectivity index (χ4v) is 4.06. The molecular formula is C15H24N4O. The van der Waals surface area contributed by atoms with Gasteiger partial charge in [-0.3, -0.25) is 5.43 Å². The van der Waals surface area contributed by atoms with E-state index < -0.39 is 0 Å². The minimum absolute atomic E-state index is 0.228. The van der Waals surface area contributed by atoms with Crippen molar-refractivity contribution >= 4 is 5.95 Å². The molecule has 2 bridgehead atoms. The number of ether oxygens (including phenoxy) is 1. The minimum atomic E-state index is 0.228. The maximum Gasteiger partial charge on any atom is 0.240 e. The van der Waals surface area contributed by atoms with Crippen molar-refractivity contribution in [1.29, 1.82) is 0 Å². The molecular weight excluding hydrogens is 252 g/mol. The fraction of sp³-hybridized carbons (Fsp3) is 0.733. The van der Waals surface area contributed by atoms with E-state index in [-0.39, 0.29) is 11.5 Å². The molecule has 3 unspecified atom stereocenters. The van der Waals surface area contributed by atoms with Crippen LogP contribution in [-0.4, -0.2) is 16.1 Å². The maximum absolute atomic E-state index is 6.27. The van der Waals surface area contributed by atoms with E-state index in [2.05, 4.69) is 36.2 Å². The van der Waals surface area contributed by atoms with E-state index in [0.29, 0.717) is 17.2 Å². The van der Waals surface area contributed by atoms with Crippen LogP contribution in [0.5, 0.6) is 5.88 Å². The Morgan fingerprint density at radius 3 is 2.70 bits per heavy atom. The summed E-state index contributed by atoms with van der Waals surface area (Å²) in [7, 11) is 0.